The van der Waals surface area contributed by atoms with Crippen molar-refractivity contribution in [3.05, 3.63) is 82.9 Å². The SMILES string of the molecule is COc1ccccc1N1CCN(c2ccc(NC(=O)c3ccc(Cl)cc3)c(C(=O)O)c2)CC1. The normalized spacial score (nSPS) is 13.5. The quantitative estimate of drug-likeness (QED) is 0.552. The molecule has 3 aromatic rings. The summed E-state index contributed by atoms with van der Waals surface area (Å²) in [4.78, 5) is 28.9. The van der Waals surface area contributed by atoms with Gasteiger partial charge in [0.15, 0.2) is 0 Å². The van der Waals surface area contributed by atoms with Crippen molar-refractivity contribution in [2.75, 3.05) is 48.4 Å². The minimum atomic E-state index is -1.10. The van der Waals surface area contributed by atoms with Crippen LogP contribution in [0, 0.1) is 0 Å². The first-order chi connectivity index (χ1) is 16.0. The Morgan fingerprint density at radius 1 is 0.939 bits per heavy atom. The van der Waals surface area contributed by atoms with Crippen molar-refractivity contribution in [1.82, 2.24) is 0 Å². The number of nitrogens with zero attached hydrogens (tertiary/aromatic N) is 2. The van der Waals surface area contributed by atoms with Gasteiger partial charge in [-0.05, 0) is 54.6 Å². The van der Waals surface area contributed by atoms with Crippen LogP contribution in [0.25, 0.3) is 0 Å². The Kier molecular flexibility index (Phi) is 6.70. The second-order valence-corrected chi connectivity index (χ2v) is 8.08. The smallest absolute Gasteiger partial charge is 0.337 e. The molecule has 0 saturated carbocycles. The molecule has 0 aliphatic carbocycles. The van der Waals surface area contributed by atoms with E-state index < -0.39 is 11.9 Å². The molecule has 1 saturated heterocycles. The number of para-hydroxylation sites is 2. The molecular formula is C25H24ClN3O4. The molecule has 0 bridgehead atoms. The topological polar surface area (TPSA) is 82.1 Å². The van der Waals surface area contributed by atoms with Gasteiger partial charge in [0.05, 0.1) is 24.0 Å². The van der Waals surface area contributed by atoms with Gasteiger partial charge in [-0.2, -0.15) is 0 Å². The number of rotatable bonds is 6. The molecule has 0 spiro atoms. The molecule has 0 aromatic heterocycles. The van der Waals surface area contributed by atoms with Crippen molar-refractivity contribution >= 4 is 40.5 Å². The molecule has 0 radical (unpaired) electrons. The highest BCUT2D eigenvalue weighted by Gasteiger charge is 2.22. The predicted octanol–water partition coefficient (Wildman–Crippen LogP) is 4.63. The van der Waals surface area contributed by atoms with Crippen molar-refractivity contribution < 1.29 is 19.4 Å². The summed E-state index contributed by atoms with van der Waals surface area (Å²) in [5, 5.41) is 13.0. The minimum Gasteiger partial charge on any atom is -0.495 e. The number of amides is 1. The molecule has 2 N–H and O–H groups in total. The molecular weight excluding hydrogens is 442 g/mol. The number of halogens is 1. The van der Waals surface area contributed by atoms with Crippen LogP contribution in [0.1, 0.15) is 20.7 Å². The molecule has 33 heavy (non-hydrogen) atoms. The average Bonchev–Trinajstić information content (AvgIpc) is 2.84. The molecule has 0 unspecified atom stereocenters. The van der Waals surface area contributed by atoms with Crippen LogP contribution < -0.4 is 19.9 Å². The predicted molar refractivity (Wildman–Crippen MR) is 130 cm³/mol. The Morgan fingerprint density at radius 2 is 1.61 bits per heavy atom. The lowest BCUT2D eigenvalue weighted by Crippen LogP contribution is -2.46. The van der Waals surface area contributed by atoms with Gasteiger partial charge < -0.3 is 25.0 Å². The van der Waals surface area contributed by atoms with Crippen molar-refractivity contribution in [2.45, 2.75) is 0 Å². The zero-order valence-electron chi connectivity index (χ0n) is 18.1. The van der Waals surface area contributed by atoms with Gasteiger partial charge in [0.25, 0.3) is 5.91 Å². The highest BCUT2D eigenvalue weighted by molar-refractivity contribution is 6.30. The van der Waals surface area contributed by atoms with Gasteiger partial charge in [0.2, 0.25) is 0 Å². The molecule has 1 aliphatic rings. The van der Waals surface area contributed by atoms with Crippen LogP contribution in [0.5, 0.6) is 5.75 Å². The van der Waals surface area contributed by atoms with Crippen LogP contribution >= 0.6 is 11.6 Å². The number of carbonyl (C=O) groups excluding carboxylic acids is 1. The molecule has 1 heterocycles. The molecule has 8 heteroatoms. The fourth-order valence-corrected chi connectivity index (χ4v) is 4.03. The first-order valence-corrected chi connectivity index (χ1v) is 10.9. The van der Waals surface area contributed by atoms with Crippen LogP contribution in [-0.2, 0) is 0 Å². The molecule has 3 aromatic carbocycles. The lowest BCUT2D eigenvalue weighted by Gasteiger charge is -2.38. The van der Waals surface area contributed by atoms with Gasteiger partial charge in [-0.25, -0.2) is 4.79 Å². The van der Waals surface area contributed by atoms with E-state index >= 15 is 0 Å². The zero-order chi connectivity index (χ0) is 23.4. The summed E-state index contributed by atoms with van der Waals surface area (Å²) < 4.78 is 5.47. The third kappa shape index (κ3) is 5.04. The number of hydrogen-bond donors (Lipinski definition) is 2. The van der Waals surface area contributed by atoms with Gasteiger partial charge in [-0.3, -0.25) is 4.79 Å². The van der Waals surface area contributed by atoms with E-state index in [-0.39, 0.29) is 11.3 Å². The first-order valence-electron chi connectivity index (χ1n) is 10.5. The molecule has 7 nitrogen and oxygen atoms in total. The number of nitrogens with one attached hydrogen (secondary N) is 1. The standard InChI is InChI=1S/C25H24ClN3O4/c1-33-23-5-3-2-4-22(23)29-14-12-28(13-15-29)19-10-11-21(20(16-19)25(31)32)27-24(30)17-6-8-18(26)9-7-17/h2-11,16H,12-15H2,1H3,(H,27,30)(H,31,32). The number of hydrogen-bond acceptors (Lipinski definition) is 5. The fourth-order valence-electron chi connectivity index (χ4n) is 3.91. The van der Waals surface area contributed by atoms with Crippen molar-refractivity contribution in [1.29, 1.82) is 0 Å². The fraction of sp³-hybridized carbons (Fsp3) is 0.200. The van der Waals surface area contributed by atoms with Crippen molar-refractivity contribution in [3.63, 3.8) is 0 Å². The molecule has 4 rings (SSSR count). The summed E-state index contributed by atoms with van der Waals surface area (Å²) in [5.74, 6) is -0.664. The van der Waals surface area contributed by atoms with Gasteiger partial charge in [-0.15, -0.1) is 0 Å². The number of carbonyl (C=O) groups is 2. The maximum atomic E-state index is 12.5. The molecule has 1 aliphatic heterocycles. The van der Waals surface area contributed by atoms with E-state index in [1.165, 1.54) is 0 Å². The number of methoxy groups -OCH3 is 1. The van der Waals surface area contributed by atoms with Crippen LogP contribution in [-0.4, -0.2) is 50.3 Å². The van der Waals surface area contributed by atoms with Gasteiger partial charge in [0, 0.05) is 42.5 Å². The number of benzene rings is 3. The zero-order valence-corrected chi connectivity index (χ0v) is 18.9. The summed E-state index contributed by atoms with van der Waals surface area (Å²) >= 11 is 5.87. The van der Waals surface area contributed by atoms with E-state index in [4.69, 9.17) is 16.3 Å². The minimum absolute atomic E-state index is 0.0435. The van der Waals surface area contributed by atoms with E-state index in [0.717, 1.165) is 43.3 Å². The summed E-state index contributed by atoms with van der Waals surface area (Å²) in [7, 11) is 1.66. The van der Waals surface area contributed by atoms with Gasteiger partial charge in [-0.1, -0.05) is 23.7 Å². The Hall–Kier alpha value is -3.71. The van der Waals surface area contributed by atoms with Crippen LogP contribution in [0.3, 0.4) is 0 Å². The molecule has 1 fully saturated rings. The molecule has 170 valence electrons. The van der Waals surface area contributed by atoms with E-state index in [2.05, 4.69) is 15.1 Å². The maximum absolute atomic E-state index is 12.5. The second-order valence-electron chi connectivity index (χ2n) is 7.64. The molecule has 0 atom stereocenters. The van der Waals surface area contributed by atoms with E-state index in [1.54, 1.807) is 43.5 Å². The van der Waals surface area contributed by atoms with Gasteiger partial charge >= 0.3 is 5.97 Å². The second kappa shape index (κ2) is 9.83. The van der Waals surface area contributed by atoms with Crippen LogP contribution in [0.4, 0.5) is 17.1 Å². The summed E-state index contributed by atoms with van der Waals surface area (Å²) in [6.45, 7) is 3.01. The van der Waals surface area contributed by atoms with Crippen LogP contribution in [0.15, 0.2) is 66.7 Å². The lowest BCUT2D eigenvalue weighted by molar-refractivity contribution is 0.0698. The van der Waals surface area contributed by atoms with E-state index in [1.807, 2.05) is 30.3 Å². The number of aromatic carboxylic acids is 1. The monoisotopic (exact) mass is 465 g/mol. The summed E-state index contributed by atoms with van der Waals surface area (Å²) in [6.07, 6.45) is 0. The Labute approximate surface area is 197 Å². The van der Waals surface area contributed by atoms with E-state index in [0.29, 0.717) is 10.6 Å². The lowest BCUT2D eigenvalue weighted by atomic mass is 10.1. The highest BCUT2D eigenvalue weighted by atomic mass is 35.5. The Bertz CT molecular complexity index is 1160. The number of ether oxygens (including phenoxy) is 1. The molecule has 1 amide bonds. The Balaban J connectivity index is 1.48. The summed E-state index contributed by atoms with van der Waals surface area (Å²) in [5.41, 5.74) is 2.54. The van der Waals surface area contributed by atoms with Crippen molar-refractivity contribution in [3.8, 4) is 5.75 Å². The van der Waals surface area contributed by atoms with Crippen LogP contribution in [0.2, 0.25) is 5.02 Å². The summed E-state index contributed by atoms with van der Waals surface area (Å²) in [6, 6.07) is 19.4. The van der Waals surface area contributed by atoms with Gasteiger partial charge in [0.1, 0.15) is 5.75 Å². The third-order valence-electron chi connectivity index (χ3n) is 5.66. The average molecular weight is 466 g/mol. The number of carboxylic acids is 1. The van der Waals surface area contributed by atoms with Crippen molar-refractivity contribution in [2.24, 2.45) is 0 Å². The van der Waals surface area contributed by atoms with E-state index in [9.17, 15) is 14.7 Å². The maximum Gasteiger partial charge on any atom is 0.337 e. The highest BCUT2D eigenvalue weighted by Crippen LogP contribution is 2.30. The Morgan fingerprint density at radius 3 is 2.27 bits per heavy atom. The number of anilines is 3. The number of carboxylic acid groups (broad SMARTS) is 1. The third-order valence-corrected chi connectivity index (χ3v) is 5.91. The largest absolute Gasteiger partial charge is 0.495 e. The first kappa shape index (κ1) is 22.5. The number of piperazine rings is 1.